The maximum Gasteiger partial charge on any atom is 0.235 e. The van der Waals surface area contributed by atoms with Gasteiger partial charge in [0.1, 0.15) is 10.7 Å². The molecule has 0 amide bonds. The second-order valence-electron chi connectivity index (χ2n) is 7.88. The van der Waals surface area contributed by atoms with Crippen LogP contribution in [0.15, 0.2) is 53.1 Å². The zero-order valence-electron chi connectivity index (χ0n) is 16.4. The molecule has 1 atom stereocenters. The van der Waals surface area contributed by atoms with Crippen molar-refractivity contribution in [2.24, 2.45) is 5.92 Å². The standard InChI is InChI=1S/C22H24N4O2S/c1-15-23-22-26(24-15)21(27)20(29-22)19(18-8-5-13-28-18)25-11-9-17(10-12-25)14-16-6-3-2-4-7-16/h2-8,13,17,19,27H,9-12,14H2,1H3/p+1/t19-/m0/s1. The number of fused-ring (bicyclic) bond motifs is 1. The van der Waals surface area contributed by atoms with Crippen molar-refractivity contribution < 1.29 is 14.4 Å². The number of benzene rings is 1. The summed E-state index contributed by atoms with van der Waals surface area (Å²) < 4.78 is 7.35. The number of thiazole rings is 1. The third-order valence-electron chi connectivity index (χ3n) is 5.92. The lowest BCUT2D eigenvalue weighted by molar-refractivity contribution is -0.932. The fraction of sp³-hybridized carbons (Fsp3) is 0.364. The second kappa shape index (κ2) is 7.65. The van der Waals surface area contributed by atoms with E-state index in [0.29, 0.717) is 11.7 Å². The molecule has 4 aromatic rings. The summed E-state index contributed by atoms with van der Waals surface area (Å²) in [6.45, 7) is 3.94. The van der Waals surface area contributed by atoms with E-state index >= 15 is 0 Å². The Kier molecular flexibility index (Phi) is 4.85. The molecule has 0 aliphatic carbocycles. The lowest BCUT2D eigenvalue weighted by Gasteiger charge is -2.33. The Balaban J connectivity index is 1.38. The van der Waals surface area contributed by atoms with Gasteiger partial charge >= 0.3 is 0 Å². The van der Waals surface area contributed by atoms with Crippen molar-refractivity contribution in [3.63, 3.8) is 0 Å². The Bertz CT molecular complexity index is 1080. The van der Waals surface area contributed by atoms with Crippen LogP contribution in [-0.4, -0.2) is 32.8 Å². The van der Waals surface area contributed by atoms with Gasteiger partial charge in [0.05, 0.1) is 19.4 Å². The molecular formula is C22H25N4O2S+. The van der Waals surface area contributed by atoms with Gasteiger partial charge in [-0.1, -0.05) is 41.7 Å². The van der Waals surface area contributed by atoms with E-state index in [1.54, 1.807) is 10.8 Å². The molecule has 29 heavy (non-hydrogen) atoms. The number of quaternary nitrogens is 1. The molecule has 1 saturated heterocycles. The quantitative estimate of drug-likeness (QED) is 0.532. The van der Waals surface area contributed by atoms with E-state index in [1.807, 2.05) is 19.1 Å². The molecule has 7 heteroatoms. The molecule has 1 fully saturated rings. The molecule has 1 aliphatic rings. The minimum Gasteiger partial charge on any atom is -0.492 e. The first-order chi connectivity index (χ1) is 14.2. The molecule has 150 valence electrons. The van der Waals surface area contributed by atoms with Crippen LogP contribution in [0.5, 0.6) is 5.88 Å². The van der Waals surface area contributed by atoms with Crippen molar-refractivity contribution in [1.29, 1.82) is 0 Å². The van der Waals surface area contributed by atoms with E-state index in [-0.39, 0.29) is 11.9 Å². The minimum absolute atomic E-state index is 0.0310. The fourth-order valence-corrected chi connectivity index (χ4v) is 5.66. The molecule has 0 saturated carbocycles. The second-order valence-corrected chi connectivity index (χ2v) is 8.89. The summed E-state index contributed by atoms with van der Waals surface area (Å²) in [5.74, 6) is 2.45. The molecule has 0 spiro atoms. The number of aryl methyl sites for hydroxylation is 1. The van der Waals surface area contributed by atoms with Crippen LogP contribution in [0.25, 0.3) is 4.96 Å². The predicted molar refractivity (Wildman–Crippen MR) is 111 cm³/mol. The molecule has 0 radical (unpaired) electrons. The van der Waals surface area contributed by atoms with Crippen LogP contribution in [-0.2, 0) is 6.42 Å². The fourth-order valence-electron chi connectivity index (χ4n) is 4.50. The Morgan fingerprint density at radius 3 is 2.69 bits per heavy atom. The molecule has 3 aromatic heterocycles. The van der Waals surface area contributed by atoms with Crippen LogP contribution in [0.4, 0.5) is 0 Å². The summed E-state index contributed by atoms with van der Waals surface area (Å²) in [6.07, 6.45) is 5.19. The number of furan rings is 1. The van der Waals surface area contributed by atoms with E-state index in [2.05, 4.69) is 40.4 Å². The minimum atomic E-state index is -0.0310. The maximum absolute atomic E-state index is 10.9. The first kappa shape index (κ1) is 18.4. The number of aromatic hydroxyl groups is 1. The smallest absolute Gasteiger partial charge is 0.235 e. The number of hydrogen-bond acceptors (Lipinski definition) is 5. The number of nitrogens with one attached hydrogen (secondary N) is 1. The summed E-state index contributed by atoms with van der Waals surface area (Å²) in [5.41, 5.74) is 1.42. The van der Waals surface area contributed by atoms with Crippen LogP contribution in [0.2, 0.25) is 0 Å². The van der Waals surface area contributed by atoms with Gasteiger partial charge in [0.2, 0.25) is 10.8 Å². The van der Waals surface area contributed by atoms with Crippen LogP contribution in [0.1, 0.15) is 40.9 Å². The molecule has 2 N–H and O–H groups in total. The number of nitrogens with zero attached hydrogens (tertiary/aromatic N) is 3. The molecule has 6 nitrogen and oxygen atoms in total. The van der Waals surface area contributed by atoms with Gasteiger partial charge in [-0.25, -0.2) is 4.98 Å². The summed E-state index contributed by atoms with van der Waals surface area (Å²) in [4.78, 5) is 7.47. The van der Waals surface area contributed by atoms with Crippen molar-refractivity contribution in [3.05, 3.63) is 70.8 Å². The van der Waals surface area contributed by atoms with Crippen molar-refractivity contribution >= 4 is 16.3 Å². The first-order valence-electron chi connectivity index (χ1n) is 10.2. The van der Waals surface area contributed by atoms with Gasteiger partial charge in [0.25, 0.3) is 0 Å². The van der Waals surface area contributed by atoms with E-state index in [0.717, 1.165) is 35.1 Å². The topological polar surface area (TPSA) is 68.0 Å². The molecule has 5 rings (SSSR count). The Labute approximate surface area is 173 Å². The van der Waals surface area contributed by atoms with Crippen LogP contribution in [0, 0.1) is 12.8 Å². The highest BCUT2D eigenvalue weighted by Gasteiger charge is 2.37. The lowest BCUT2D eigenvalue weighted by Crippen LogP contribution is -3.13. The summed E-state index contributed by atoms with van der Waals surface area (Å²) >= 11 is 1.51. The van der Waals surface area contributed by atoms with Crippen molar-refractivity contribution in [1.82, 2.24) is 14.6 Å². The molecule has 0 bridgehead atoms. The number of hydrogen-bond donors (Lipinski definition) is 2. The van der Waals surface area contributed by atoms with E-state index in [4.69, 9.17) is 4.42 Å². The zero-order chi connectivity index (χ0) is 19.8. The van der Waals surface area contributed by atoms with Crippen LogP contribution >= 0.6 is 11.3 Å². The normalized spacial score (nSPS) is 20.9. The average Bonchev–Trinajstić information content (AvgIpc) is 3.44. The van der Waals surface area contributed by atoms with Gasteiger partial charge in [-0.05, 0) is 49.8 Å². The van der Waals surface area contributed by atoms with Crippen molar-refractivity contribution in [2.45, 2.75) is 32.2 Å². The molecule has 4 heterocycles. The Hall–Kier alpha value is -2.64. The summed E-state index contributed by atoms with van der Waals surface area (Å²) in [7, 11) is 0. The highest BCUT2D eigenvalue weighted by Crippen LogP contribution is 2.35. The first-order valence-corrected chi connectivity index (χ1v) is 11.0. The van der Waals surface area contributed by atoms with Crippen LogP contribution in [0.3, 0.4) is 0 Å². The van der Waals surface area contributed by atoms with Crippen LogP contribution < -0.4 is 4.90 Å². The lowest BCUT2D eigenvalue weighted by atomic mass is 9.89. The van der Waals surface area contributed by atoms with Gasteiger partial charge in [0, 0.05) is 0 Å². The van der Waals surface area contributed by atoms with Gasteiger partial charge < -0.3 is 14.4 Å². The molecule has 1 aromatic carbocycles. The maximum atomic E-state index is 10.9. The monoisotopic (exact) mass is 409 g/mol. The third kappa shape index (κ3) is 3.56. The Morgan fingerprint density at radius 2 is 2.00 bits per heavy atom. The van der Waals surface area contributed by atoms with Gasteiger partial charge in [-0.15, -0.1) is 5.10 Å². The van der Waals surface area contributed by atoms with Gasteiger partial charge in [-0.3, -0.25) is 0 Å². The van der Waals surface area contributed by atoms with Gasteiger partial charge in [0.15, 0.2) is 11.8 Å². The summed E-state index contributed by atoms with van der Waals surface area (Å²) in [6, 6.07) is 14.7. The highest BCUT2D eigenvalue weighted by atomic mass is 32.1. The molecule has 1 aliphatic heterocycles. The third-order valence-corrected chi connectivity index (χ3v) is 7.00. The van der Waals surface area contributed by atoms with E-state index < -0.39 is 0 Å². The zero-order valence-corrected chi connectivity index (χ0v) is 17.2. The number of piperidine rings is 1. The largest absolute Gasteiger partial charge is 0.492 e. The van der Waals surface area contributed by atoms with Crippen molar-refractivity contribution in [3.8, 4) is 5.88 Å². The summed E-state index contributed by atoms with van der Waals surface area (Å²) in [5, 5.41) is 15.2. The van der Waals surface area contributed by atoms with E-state index in [9.17, 15) is 5.11 Å². The average molecular weight is 410 g/mol. The Morgan fingerprint density at radius 1 is 1.21 bits per heavy atom. The van der Waals surface area contributed by atoms with Gasteiger partial charge in [-0.2, -0.15) is 4.52 Å². The number of likely N-dealkylation sites (tertiary alicyclic amines) is 1. The number of rotatable bonds is 5. The highest BCUT2D eigenvalue weighted by molar-refractivity contribution is 7.17. The SMILES string of the molecule is Cc1nc2sc([C@H](c3ccco3)[NH+]3CCC(Cc4ccccc4)CC3)c(O)n2n1. The molecular weight excluding hydrogens is 384 g/mol. The predicted octanol–water partition coefficient (Wildman–Crippen LogP) is 3.02. The van der Waals surface area contributed by atoms with E-state index in [1.165, 1.54) is 34.6 Å². The number of aromatic nitrogens is 3. The molecule has 0 unspecified atom stereocenters. The van der Waals surface area contributed by atoms with Crippen molar-refractivity contribution in [2.75, 3.05) is 13.1 Å².